The molecule has 250 valence electrons. The van der Waals surface area contributed by atoms with Crippen LogP contribution < -0.4 is 5.32 Å². The van der Waals surface area contributed by atoms with Crippen molar-refractivity contribution in [2.45, 2.75) is 51.1 Å². The molecule has 2 aromatic carbocycles. The molecule has 0 radical (unpaired) electrons. The van der Waals surface area contributed by atoms with Crippen LogP contribution in [0.5, 0.6) is 0 Å². The molecular formula is C34H36N6O8. The Morgan fingerprint density at radius 2 is 1.94 bits per heavy atom. The Hall–Kier alpha value is -5.79. The van der Waals surface area contributed by atoms with Crippen LogP contribution in [0.2, 0.25) is 0 Å². The normalized spacial score (nSPS) is 19.6. The number of ether oxygens (including phenoxy) is 2. The van der Waals surface area contributed by atoms with E-state index in [0.717, 1.165) is 17.0 Å². The van der Waals surface area contributed by atoms with E-state index in [1.165, 1.54) is 25.3 Å². The molecule has 3 heterocycles. The first kappa shape index (κ1) is 33.6. The number of carboxylic acid groups (broad SMARTS) is 1. The number of carboxylic acids is 1. The number of imidazole rings is 2. The van der Waals surface area contributed by atoms with Crippen molar-refractivity contribution in [3.05, 3.63) is 124 Å². The molecule has 1 aliphatic heterocycles. The van der Waals surface area contributed by atoms with Crippen LogP contribution in [0.25, 0.3) is 0 Å². The number of hydrogen-bond donors (Lipinski definition) is 3. The molecular weight excluding hydrogens is 620 g/mol. The maximum Gasteiger partial charge on any atom is 0.336 e. The summed E-state index contributed by atoms with van der Waals surface area (Å²) in [6, 6.07) is 12.1. The number of rotatable bonds is 13. The third-order valence-corrected chi connectivity index (χ3v) is 8.95. The quantitative estimate of drug-likeness (QED) is 0.106. The topological polar surface area (TPSA) is 192 Å². The zero-order chi connectivity index (χ0) is 34.4. The van der Waals surface area contributed by atoms with Gasteiger partial charge in [0, 0.05) is 67.4 Å². The molecule has 14 heteroatoms. The number of benzene rings is 2. The second-order valence-corrected chi connectivity index (χ2v) is 11.7. The summed E-state index contributed by atoms with van der Waals surface area (Å²) in [5, 5.41) is 25.5. The van der Waals surface area contributed by atoms with E-state index in [0.29, 0.717) is 12.1 Å². The van der Waals surface area contributed by atoms with E-state index in [1.807, 2.05) is 24.3 Å². The third kappa shape index (κ3) is 6.82. The van der Waals surface area contributed by atoms with Crippen molar-refractivity contribution in [1.82, 2.24) is 24.8 Å². The Balaban J connectivity index is 1.39. The largest absolute Gasteiger partial charge is 0.481 e. The van der Waals surface area contributed by atoms with Crippen LogP contribution in [0.4, 0.5) is 5.69 Å². The van der Waals surface area contributed by atoms with Crippen molar-refractivity contribution < 1.29 is 33.9 Å². The number of nitrogens with one attached hydrogen (secondary N) is 2. The lowest BCUT2D eigenvalue weighted by Gasteiger charge is -2.47. The monoisotopic (exact) mass is 656 g/mol. The lowest BCUT2D eigenvalue weighted by molar-refractivity contribution is -0.384. The Bertz CT molecular complexity index is 1800. The zero-order valence-electron chi connectivity index (χ0n) is 26.7. The summed E-state index contributed by atoms with van der Waals surface area (Å²) < 4.78 is 12.5. The minimum absolute atomic E-state index is 0.0282. The number of esters is 2. The molecule has 4 unspecified atom stereocenters. The van der Waals surface area contributed by atoms with Crippen LogP contribution in [0.15, 0.2) is 90.9 Å². The van der Waals surface area contributed by atoms with Gasteiger partial charge in [-0.15, -0.1) is 0 Å². The van der Waals surface area contributed by atoms with Gasteiger partial charge in [0.2, 0.25) is 0 Å². The minimum atomic E-state index is -1.76. The first-order chi connectivity index (χ1) is 23.0. The smallest absolute Gasteiger partial charge is 0.336 e. The Kier molecular flexibility index (Phi) is 10.0. The minimum Gasteiger partial charge on any atom is -0.481 e. The summed E-state index contributed by atoms with van der Waals surface area (Å²) in [5.74, 6) is -2.94. The number of carbonyl (C=O) groups is 3. The summed E-state index contributed by atoms with van der Waals surface area (Å²) in [7, 11) is 1.18. The van der Waals surface area contributed by atoms with E-state index in [1.54, 1.807) is 55.6 Å². The van der Waals surface area contributed by atoms with E-state index in [2.05, 4.69) is 20.3 Å². The number of methoxy groups -OCH3 is 1. The molecule has 0 saturated heterocycles. The van der Waals surface area contributed by atoms with Gasteiger partial charge in [0.25, 0.3) is 5.69 Å². The number of nitrogens with zero attached hydrogens (tertiary/aromatic N) is 4. The molecule has 4 aromatic rings. The summed E-state index contributed by atoms with van der Waals surface area (Å²) in [6.45, 7) is 2.98. The number of carbonyl (C=O) groups excluding carboxylic acids is 2. The molecule has 0 spiro atoms. The van der Waals surface area contributed by atoms with Gasteiger partial charge >= 0.3 is 17.9 Å². The van der Waals surface area contributed by atoms with Gasteiger partial charge in [0.1, 0.15) is 11.2 Å². The molecule has 2 aromatic heterocycles. The predicted octanol–water partition coefficient (Wildman–Crippen LogP) is 4.31. The molecule has 4 atom stereocenters. The summed E-state index contributed by atoms with van der Waals surface area (Å²) in [4.78, 5) is 62.3. The maximum absolute atomic E-state index is 13.4. The fraction of sp³-hybridized carbons (Fsp3) is 0.324. The van der Waals surface area contributed by atoms with Crippen LogP contribution in [0.1, 0.15) is 61.2 Å². The molecule has 14 nitrogen and oxygen atoms in total. The molecule has 0 amide bonds. The number of hydrogen-bond acceptors (Lipinski definition) is 10. The molecule has 5 rings (SSSR count). The highest BCUT2D eigenvalue weighted by Crippen LogP contribution is 2.51. The molecule has 0 saturated carbocycles. The number of aromatic nitrogens is 4. The number of non-ortho nitro benzene ring substituents is 1. The van der Waals surface area contributed by atoms with Crippen molar-refractivity contribution in [1.29, 1.82) is 0 Å². The molecule has 0 aliphatic carbocycles. The van der Waals surface area contributed by atoms with Gasteiger partial charge < -0.3 is 29.4 Å². The van der Waals surface area contributed by atoms with Crippen LogP contribution in [0, 0.1) is 15.5 Å². The van der Waals surface area contributed by atoms with Crippen molar-refractivity contribution in [2.24, 2.45) is 5.41 Å². The number of aromatic amines is 1. The van der Waals surface area contributed by atoms with E-state index >= 15 is 0 Å². The average molecular weight is 657 g/mol. The summed E-state index contributed by atoms with van der Waals surface area (Å²) in [5.41, 5.74) is 0.524. The van der Waals surface area contributed by atoms with Crippen molar-refractivity contribution >= 4 is 23.6 Å². The number of allylic oxidation sites excluding steroid dienone is 1. The molecule has 48 heavy (non-hydrogen) atoms. The molecule has 0 fully saturated rings. The van der Waals surface area contributed by atoms with Gasteiger partial charge in [-0.1, -0.05) is 36.4 Å². The van der Waals surface area contributed by atoms with Crippen molar-refractivity contribution in [3.63, 3.8) is 0 Å². The molecule has 0 bridgehead atoms. The highest BCUT2D eigenvalue weighted by Gasteiger charge is 2.56. The average Bonchev–Trinajstić information content (AvgIpc) is 3.80. The zero-order valence-corrected chi connectivity index (χ0v) is 26.7. The fourth-order valence-electron chi connectivity index (χ4n) is 6.54. The standard InChI is InChI=1S/C34H36N6O8/c1-21-30(32(42)47-3)31(25-5-4-6-26(18-25)40(45)46)34(33(43)44,22(2)38-21)11-16-48-29(41)19-27(39-15-14-35-20-39)24-9-7-23(8-10-24)17-28-36-12-13-37-28/h4-10,12-15,18,20,22,27,31,38H,11,16-17,19H2,1-3H3,(H,36,37)(H,43,44). The first-order valence-corrected chi connectivity index (χ1v) is 15.3. The maximum atomic E-state index is 13.4. The third-order valence-electron chi connectivity index (χ3n) is 8.95. The van der Waals surface area contributed by atoms with E-state index in [9.17, 15) is 29.6 Å². The Morgan fingerprint density at radius 1 is 1.17 bits per heavy atom. The predicted molar refractivity (Wildman–Crippen MR) is 172 cm³/mol. The number of nitro benzene ring substituents is 1. The van der Waals surface area contributed by atoms with Crippen LogP contribution in [-0.2, 0) is 30.3 Å². The van der Waals surface area contributed by atoms with Crippen molar-refractivity contribution in [3.8, 4) is 0 Å². The van der Waals surface area contributed by atoms with Crippen LogP contribution in [-0.4, -0.2) is 67.2 Å². The van der Waals surface area contributed by atoms with Gasteiger partial charge in [0.05, 0.1) is 43.0 Å². The van der Waals surface area contributed by atoms with Gasteiger partial charge in [-0.25, -0.2) is 14.8 Å². The van der Waals surface area contributed by atoms with E-state index < -0.39 is 46.2 Å². The van der Waals surface area contributed by atoms with Gasteiger partial charge in [-0.05, 0) is 30.5 Å². The molecule has 3 N–H and O–H groups in total. The highest BCUT2D eigenvalue weighted by molar-refractivity contribution is 5.94. The van der Waals surface area contributed by atoms with Crippen LogP contribution >= 0.6 is 0 Å². The summed E-state index contributed by atoms with van der Waals surface area (Å²) >= 11 is 0. The molecule has 1 aliphatic rings. The van der Waals surface area contributed by atoms with E-state index in [4.69, 9.17) is 9.47 Å². The second-order valence-electron chi connectivity index (χ2n) is 11.7. The second kappa shape index (κ2) is 14.3. The SMILES string of the molecule is COC(=O)C1=C(C)NC(C)C(CCOC(=O)CC(c2ccc(Cc3ncc[nH]3)cc2)n2ccnc2)(C(=O)O)C1c1cccc([N+](=O)[O-])c1. The number of aliphatic carboxylic acids is 1. The van der Waals surface area contributed by atoms with Gasteiger partial charge in [-0.2, -0.15) is 0 Å². The van der Waals surface area contributed by atoms with E-state index in [-0.39, 0.29) is 36.3 Å². The van der Waals surface area contributed by atoms with Gasteiger partial charge in [-0.3, -0.25) is 19.7 Å². The lowest BCUT2D eigenvalue weighted by Crippen LogP contribution is -2.57. The van der Waals surface area contributed by atoms with Crippen LogP contribution in [0.3, 0.4) is 0 Å². The summed E-state index contributed by atoms with van der Waals surface area (Å²) in [6.07, 6.45) is 8.76. The number of H-pyrrole nitrogens is 1. The number of nitro groups is 1. The Labute approximate surface area is 276 Å². The highest BCUT2D eigenvalue weighted by atomic mass is 16.6. The lowest BCUT2D eigenvalue weighted by atomic mass is 9.60. The van der Waals surface area contributed by atoms with Gasteiger partial charge in [0.15, 0.2) is 0 Å². The Morgan fingerprint density at radius 3 is 2.56 bits per heavy atom. The fourth-order valence-corrected chi connectivity index (χ4v) is 6.54. The van der Waals surface area contributed by atoms with Crippen molar-refractivity contribution in [2.75, 3.05) is 13.7 Å². The first-order valence-electron chi connectivity index (χ1n) is 15.3.